The van der Waals surface area contributed by atoms with E-state index in [0.717, 1.165) is 18.6 Å². The number of hydrogen-bond acceptors (Lipinski definition) is 2. The molecule has 1 heterocycles. The minimum atomic E-state index is 0.506. The molecule has 17 heavy (non-hydrogen) atoms. The Morgan fingerprint density at radius 2 is 1.94 bits per heavy atom. The molecule has 2 nitrogen and oxygen atoms in total. The van der Waals surface area contributed by atoms with Crippen LogP contribution in [0.3, 0.4) is 0 Å². The van der Waals surface area contributed by atoms with E-state index in [9.17, 15) is 0 Å². The molecule has 1 N–H and O–H groups in total. The molecule has 2 fully saturated rings. The zero-order chi connectivity index (χ0) is 12.1. The topological polar surface area (TPSA) is 21.3 Å². The van der Waals surface area contributed by atoms with Crippen molar-refractivity contribution in [1.82, 2.24) is 5.32 Å². The molecule has 100 valence electrons. The van der Waals surface area contributed by atoms with E-state index in [2.05, 4.69) is 19.2 Å². The van der Waals surface area contributed by atoms with Gasteiger partial charge in [-0.05, 0) is 44.4 Å². The monoisotopic (exact) mass is 239 g/mol. The summed E-state index contributed by atoms with van der Waals surface area (Å²) in [6, 6.07) is 1.49. The van der Waals surface area contributed by atoms with Gasteiger partial charge < -0.3 is 10.1 Å². The number of ether oxygens (including phenoxy) is 1. The first-order chi connectivity index (χ1) is 8.28. The van der Waals surface area contributed by atoms with Crippen molar-refractivity contribution in [3.63, 3.8) is 0 Å². The molecule has 4 unspecified atom stereocenters. The predicted octanol–water partition coefficient (Wildman–Crippen LogP) is 3.50. The van der Waals surface area contributed by atoms with Crippen LogP contribution in [0.5, 0.6) is 0 Å². The highest BCUT2D eigenvalue weighted by Crippen LogP contribution is 2.24. The van der Waals surface area contributed by atoms with E-state index in [4.69, 9.17) is 4.74 Å². The first-order valence-corrected chi connectivity index (χ1v) is 7.65. The second-order valence-corrected chi connectivity index (χ2v) is 6.10. The largest absolute Gasteiger partial charge is 0.378 e. The van der Waals surface area contributed by atoms with E-state index in [0.29, 0.717) is 12.1 Å². The Labute approximate surface area is 107 Å². The van der Waals surface area contributed by atoms with Crippen LogP contribution in [0.15, 0.2) is 0 Å². The van der Waals surface area contributed by atoms with E-state index in [1.165, 1.54) is 51.4 Å². The molecule has 4 atom stereocenters. The molecule has 1 saturated carbocycles. The molecule has 0 aromatic carbocycles. The number of nitrogens with one attached hydrogen (secondary N) is 1. The Morgan fingerprint density at radius 3 is 2.76 bits per heavy atom. The Balaban J connectivity index is 1.75. The lowest BCUT2D eigenvalue weighted by molar-refractivity contribution is -0.00226. The molecular formula is C15H29NO. The highest BCUT2D eigenvalue weighted by molar-refractivity contribution is 4.81. The zero-order valence-electron chi connectivity index (χ0n) is 11.6. The van der Waals surface area contributed by atoms with Crippen molar-refractivity contribution < 1.29 is 4.74 Å². The highest BCUT2D eigenvalue weighted by Gasteiger charge is 2.24. The summed E-state index contributed by atoms with van der Waals surface area (Å²) in [7, 11) is 0. The summed E-state index contributed by atoms with van der Waals surface area (Å²) in [5.41, 5.74) is 0. The number of hydrogen-bond donors (Lipinski definition) is 1. The minimum absolute atomic E-state index is 0.506. The molecule has 0 spiro atoms. The minimum Gasteiger partial charge on any atom is -0.378 e. The lowest BCUT2D eigenvalue weighted by Crippen LogP contribution is -2.43. The molecule has 1 saturated heterocycles. The van der Waals surface area contributed by atoms with Crippen LogP contribution in [0.25, 0.3) is 0 Å². The van der Waals surface area contributed by atoms with E-state index in [-0.39, 0.29) is 0 Å². The van der Waals surface area contributed by atoms with Gasteiger partial charge in [0.05, 0.1) is 6.10 Å². The van der Waals surface area contributed by atoms with Crippen molar-refractivity contribution in [3.8, 4) is 0 Å². The average molecular weight is 239 g/mol. The second kappa shape index (κ2) is 6.75. The maximum absolute atomic E-state index is 5.75. The van der Waals surface area contributed by atoms with Gasteiger partial charge in [0.1, 0.15) is 0 Å². The first kappa shape index (κ1) is 13.4. The van der Waals surface area contributed by atoms with Gasteiger partial charge in [-0.2, -0.15) is 0 Å². The summed E-state index contributed by atoms with van der Waals surface area (Å²) in [4.78, 5) is 0. The smallest absolute Gasteiger partial charge is 0.0587 e. The molecule has 2 heteroatoms. The summed E-state index contributed by atoms with van der Waals surface area (Å²) in [5, 5.41) is 3.90. The van der Waals surface area contributed by atoms with Crippen molar-refractivity contribution >= 4 is 0 Å². The third-order valence-corrected chi connectivity index (χ3v) is 4.55. The summed E-state index contributed by atoms with van der Waals surface area (Å²) in [6.07, 6.45) is 11.1. The second-order valence-electron chi connectivity index (χ2n) is 6.10. The third kappa shape index (κ3) is 4.26. The van der Waals surface area contributed by atoms with Crippen LogP contribution in [0.1, 0.15) is 65.2 Å². The van der Waals surface area contributed by atoms with E-state index in [1.807, 2.05) is 0 Å². The Kier molecular flexibility index (Phi) is 5.30. The fourth-order valence-electron chi connectivity index (χ4n) is 3.30. The normalized spacial score (nSPS) is 39.9. The van der Waals surface area contributed by atoms with Gasteiger partial charge in [0.2, 0.25) is 0 Å². The maximum atomic E-state index is 5.75. The van der Waals surface area contributed by atoms with Gasteiger partial charge >= 0.3 is 0 Å². The van der Waals surface area contributed by atoms with Crippen molar-refractivity contribution in [2.45, 2.75) is 83.4 Å². The lowest BCUT2D eigenvalue weighted by atomic mass is 9.98. The van der Waals surface area contributed by atoms with Gasteiger partial charge in [0.25, 0.3) is 0 Å². The highest BCUT2D eigenvalue weighted by atomic mass is 16.5. The molecule has 1 aliphatic carbocycles. The van der Waals surface area contributed by atoms with Gasteiger partial charge in [0, 0.05) is 18.7 Å². The summed E-state index contributed by atoms with van der Waals surface area (Å²) in [6.45, 7) is 5.60. The molecule has 0 radical (unpaired) electrons. The van der Waals surface area contributed by atoms with Gasteiger partial charge in [-0.1, -0.05) is 26.7 Å². The third-order valence-electron chi connectivity index (χ3n) is 4.55. The molecule has 0 aromatic rings. The fourth-order valence-corrected chi connectivity index (χ4v) is 3.30. The van der Waals surface area contributed by atoms with Crippen LogP contribution in [0, 0.1) is 5.92 Å². The SMILES string of the molecule is CCC1CC(NC2CCCC(C)CC2)CCO1. The zero-order valence-corrected chi connectivity index (χ0v) is 11.6. The average Bonchev–Trinajstić information content (AvgIpc) is 2.55. The van der Waals surface area contributed by atoms with Crippen LogP contribution >= 0.6 is 0 Å². The van der Waals surface area contributed by atoms with Gasteiger partial charge in [-0.15, -0.1) is 0 Å². The Bertz CT molecular complexity index is 219. The van der Waals surface area contributed by atoms with E-state index in [1.54, 1.807) is 0 Å². The molecule has 2 aliphatic rings. The van der Waals surface area contributed by atoms with Gasteiger partial charge in [-0.25, -0.2) is 0 Å². The summed E-state index contributed by atoms with van der Waals surface area (Å²) in [5.74, 6) is 0.944. The number of rotatable bonds is 3. The fraction of sp³-hybridized carbons (Fsp3) is 1.00. The van der Waals surface area contributed by atoms with Crippen LogP contribution < -0.4 is 5.32 Å². The molecular weight excluding hydrogens is 210 g/mol. The maximum Gasteiger partial charge on any atom is 0.0587 e. The molecule has 0 amide bonds. The Morgan fingerprint density at radius 1 is 1.06 bits per heavy atom. The van der Waals surface area contributed by atoms with E-state index < -0.39 is 0 Å². The van der Waals surface area contributed by atoms with Crippen molar-refractivity contribution in [2.24, 2.45) is 5.92 Å². The van der Waals surface area contributed by atoms with Crippen LogP contribution in [0.2, 0.25) is 0 Å². The van der Waals surface area contributed by atoms with E-state index >= 15 is 0 Å². The van der Waals surface area contributed by atoms with Gasteiger partial charge in [0.15, 0.2) is 0 Å². The van der Waals surface area contributed by atoms with Crippen LogP contribution in [-0.4, -0.2) is 24.8 Å². The van der Waals surface area contributed by atoms with Crippen LogP contribution in [-0.2, 0) is 4.74 Å². The molecule has 0 bridgehead atoms. The predicted molar refractivity (Wildman–Crippen MR) is 72.2 cm³/mol. The van der Waals surface area contributed by atoms with Crippen molar-refractivity contribution in [3.05, 3.63) is 0 Å². The first-order valence-electron chi connectivity index (χ1n) is 7.65. The molecule has 2 rings (SSSR count). The summed E-state index contributed by atoms with van der Waals surface area (Å²) >= 11 is 0. The lowest BCUT2D eigenvalue weighted by Gasteiger charge is -2.32. The van der Waals surface area contributed by atoms with Crippen molar-refractivity contribution in [2.75, 3.05) is 6.61 Å². The molecule has 1 aliphatic heterocycles. The Hall–Kier alpha value is -0.0800. The summed E-state index contributed by atoms with van der Waals surface area (Å²) < 4.78 is 5.75. The van der Waals surface area contributed by atoms with Crippen LogP contribution in [0.4, 0.5) is 0 Å². The molecule has 0 aromatic heterocycles. The quantitative estimate of drug-likeness (QED) is 0.761. The standard InChI is InChI=1S/C15H29NO/c1-3-15-11-14(9-10-17-15)16-13-6-4-5-12(2)7-8-13/h12-16H,3-11H2,1-2H3. The van der Waals surface area contributed by atoms with Gasteiger partial charge in [-0.3, -0.25) is 0 Å². The van der Waals surface area contributed by atoms with Crippen molar-refractivity contribution in [1.29, 1.82) is 0 Å².